The summed E-state index contributed by atoms with van der Waals surface area (Å²) in [5.74, 6) is 0.766. The van der Waals surface area contributed by atoms with E-state index < -0.39 is 11.8 Å². The smallest absolute Gasteiger partial charge is 0.324 e. The van der Waals surface area contributed by atoms with Crippen LogP contribution in [0.2, 0.25) is 0 Å². The molecule has 1 aliphatic heterocycles. The molecule has 206 valence electrons. The first-order chi connectivity index (χ1) is 18.7. The molecule has 3 aromatic heterocycles. The van der Waals surface area contributed by atoms with E-state index in [0.717, 1.165) is 44.8 Å². The van der Waals surface area contributed by atoms with Crippen molar-refractivity contribution in [2.45, 2.75) is 32.6 Å². The minimum atomic E-state index is -0.446. The molecule has 2 amide bonds. The van der Waals surface area contributed by atoms with E-state index in [-0.39, 0.29) is 11.2 Å². The molecule has 39 heavy (non-hydrogen) atoms. The zero-order valence-electron chi connectivity index (χ0n) is 22.4. The first-order valence-electron chi connectivity index (χ1n) is 13.0. The van der Waals surface area contributed by atoms with Gasteiger partial charge in [-0.3, -0.25) is 10.2 Å². The van der Waals surface area contributed by atoms with E-state index in [4.69, 9.17) is 14.0 Å². The molecule has 0 aliphatic carbocycles. The van der Waals surface area contributed by atoms with E-state index in [0.29, 0.717) is 35.2 Å². The maximum absolute atomic E-state index is 14.6. The van der Waals surface area contributed by atoms with Gasteiger partial charge in [-0.2, -0.15) is 0 Å². The molecule has 0 saturated carbocycles. The number of carbonyl (C=O) groups is 1. The zero-order chi connectivity index (χ0) is 27.4. The maximum Gasteiger partial charge on any atom is 0.324 e. The molecular weight excluding hydrogens is 503 g/mol. The predicted molar refractivity (Wildman–Crippen MR) is 146 cm³/mol. The third-order valence-corrected chi connectivity index (χ3v) is 6.42. The fourth-order valence-corrected chi connectivity index (χ4v) is 4.22. The van der Waals surface area contributed by atoms with Crippen LogP contribution in [0.25, 0.3) is 16.9 Å². The molecular formula is C28H33FN6O4. The normalized spacial score (nSPS) is 14.5. The Bertz CT molecular complexity index is 1420. The van der Waals surface area contributed by atoms with Gasteiger partial charge < -0.3 is 23.7 Å². The average molecular weight is 537 g/mol. The number of anilines is 2. The molecule has 4 heterocycles. The topological polar surface area (TPSA) is 106 Å². The molecule has 0 spiro atoms. The number of benzene rings is 1. The molecule has 1 saturated heterocycles. The number of hydrogen-bond acceptors (Lipinski definition) is 7. The van der Waals surface area contributed by atoms with Crippen LogP contribution < -0.4 is 15.4 Å². The van der Waals surface area contributed by atoms with E-state index in [1.807, 2.05) is 39.1 Å². The molecule has 0 atom stereocenters. The van der Waals surface area contributed by atoms with E-state index in [1.54, 1.807) is 28.8 Å². The number of pyridine rings is 1. The van der Waals surface area contributed by atoms with Crippen molar-refractivity contribution in [2.75, 3.05) is 50.1 Å². The molecule has 0 radical (unpaired) electrons. The van der Waals surface area contributed by atoms with E-state index in [2.05, 4.69) is 25.7 Å². The van der Waals surface area contributed by atoms with Crippen LogP contribution in [0.5, 0.6) is 5.75 Å². The standard InChI is InChI=1S/C28H33FN6O4/c1-28(2,3)24-16-25(33-39-24)32-27(36)30-20-7-5-19(6-8-20)22-17-35-18-23(21(29)15-26(35)31-22)38-12-4-9-34-10-13-37-14-11-34/h5-8,15-18H,4,9-14H2,1-3H3,(H2,30,32,33,36). The van der Waals surface area contributed by atoms with Crippen LogP contribution >= 0.6 is 0 Å². The SMILES string of the molecule is CC(C)(C)c1cc(NC(=O)Nc2ccc(-c3cn4cc(OCCCN5CCOCC5)c(F)cc4n3)cc2)no1. The minimum Gasteiger partial charge on any atom is -0.489 e. The van der Waals surface area contributed by atoms with Gasteiger partial charge in [-0.05, 0) is 18.6 Å². The van der Waals surface area contributed by atoms with Crippen molar-refractivity contribution in [1.82, 2.24) is 19.4 Å². The Hall–Kier alpha value is -3.96. The number of hydrogen-bond donors (Lipinski definition) is 2. The van der Waals surface area contributed by atoms with Crippen molar-refractivity contribution in [3.05, 3.63) is 60.4 Å². The quantitative estimate of drug-likeness (QED) is 0.299. The number of imidazole rings is 1. The molecule has 1 fully saturated rings. The summed E-state index contributed by atoms with van der Waals surface area (Å²) in [7, 11) is 0. The second kappa shape index (κ2) is 11.4. The highest BCUT2D eigenvalue weighted by atomic mass is 19.1. The van der Waals surface area contributed by atoms with Crippen molar-refractivity contribution in [2.24, 2.45) is 0 Å². The predicted octanol–water partition coefficient (Wildman–Crippen LogP) is 5.17. The summed E-state index contributed by atoms with van der Waals surface area (Å²) >= 11 is 0. The summed E-state index contributed by atoms with van der Waals surface area (Å²) in [5, 5.41) is 9.33. The van der Waals surface area contributed by atoms with Gasteiger partial charge in [0.15, 0.2) is 17.4 Å². The Labute approximate surface area is 226 Å². The summed E-state index contributed by atoms with van der Waals surface area (Å²) in [6.07, 6.45) is 4.24. The van der Waals surface area contributed by atoms with Crippen LogP contribution in [0, 0.1) is 5.82 Å². The third-order valence-electron chi connectivity index (χ3n) is 6.42. The summed E-state index contributed by atoms with van der Waals surface area (Å²) in [4.78, 5) is 19.2. The van der Waals surface area contributed by atoms with Crippen molar-refractivity contribution in [3.63, 3.8) is 0 Å². The number of carbonyl (C=O) groups excluding carboxylic acids is 1. The number of rotatable bonds is 8. The van der Waals surface area contributed by atoms with Gasteiger partial charge in [-0.1, -0.05) is 38.1 Å². The van der Waals surface area contributed by atoms with Gasteiger partial charge in [0.05, 0.1) is 31.7 Å². The lowest BCUT2D eigenvalue weighted by Gasteiger charge is -2.26. The summed E-state index contributed by atoms with van der Waals surface area (Å²) < 4.78 is 32.8. The van der Waals surface area contributed by atoms with Gasteiger partial charge in [0.2, 0.25) is 0 Å². The van der Waals surface area contributed by atoms with Gasteiger partial charge in [-0.15, -0.1) is 0 Å². The molecule has 2 N–H and O–H groups in total. The molecule has 10 nitrogen and oxygen atoms in total. The lowest BCUT2D eigenvalue weighted by Crippen LogP contribution is -2.37. The zero-order valence-corrected chi connectivity index (χ0v) is 22.4. The number of morpholine rings is 1. The van der Waals surface area contributed by atoms with Gasteiger partial charge in [-0.25, -0.2) is 14.2 Å². The highest BCUT2D eigenvalue weighted by molar-refractivity contribution is 5.99. The van der Waals surface area contributed by atoms with E-state index in [9.17, 15) is 9.18 Å². The molecule has 1 aliphatic rings. The number of urea groups is 1. The fraction of sp³-hybridized carbons (Fsp3) is 0.393. The van der Waals surface area contributed by atoms with E-state index in [1.165, 1.54) is 6.07 Å². The second-order valence-corrected chi connectivity index (χ2v) is 10.5. The van der Waals surface area contributed by atoms with Crippen molar-refractivity contribution >= 4 is 23.2 Å². The van der Waals surface area contributed by atoms with Crippen molar-refractivity contribution in [1.29, 1.82) is 0 Å². The Kier molecular flexibility index (Phi) is 7.80. The average Bonchev–Trinajstić information content (AvgIpc) is 3.54. The first kappa shape index (κ1) is 26.6. The summed E-state index contributed by atoms with van der Waals surface area (Å²) in [5.41, 5.74) is 2.36. The summed E-state index contributed by atoms with van der Waals surface area (Å²) in [6.45, 7) is 10.7. The highest BCUT2D eigenvalue weighted by Gasteiger charge is 2.20. The number of nitrogens with zero attached hydrogens (tertiary/aromatic N) is 4. The lowest BCUT2D eigenvalue weighted by atomic mass is 9.93. The molecule has 0 unspecified atom stereocenters. The van der Waals surface area contributed by atoms with Crippen LogP contribution in [-0.4, -0.2) is 64.9 Å². The number of fused-ring (bicyclic) bond motifs is 1. The Morgan fingerprint density at radius 1 is 1.10 bits per heavy atom. The molecule has 11 heteroatoms. The lowest BCUT2D eigenvalue weighted by molar-refractivity contribution is 0.0357. The third kappa shape index (κ3) is 6.73. The van der Waals surface area contributed by atoms with Crippen molar-refractivity contribution in [3.8, 4) is 17.0 Å². The maximum atomic E-state index is 14.6. The van der Waals surface area contributed by atoms with Crippen LogP contribution in [0.3, 0.4) is 0 Å². The fourth-order valence-electron chi connectivity index (χ4n) is 4.22. The summed E-state index contributed by atoms with van der Waals surface area (Å²) in [6, 6.07) is 9.86. The largest absolute Gasteiger partial charge is 0.489 e. The van der Waals surface area contributed by atoms with Gasteiger partial charge in [0, 0.05) is 54.6 Å². The monoisotopic (exact) mass is 536 g/mol. The second-order valence-electron chi connectivity index (χ2n) is 10.5. The number of amides is 2. The molecule has 4 aromatic rings. The first-order valence-corrected chi connectivity index (χ1v) is 13.0. The minimum absolute atomic E-state index is 0.195. The van der Waals surface area contributed by atoms with Gasteiger partial charge in [0.1, 0.15) is 11.4 Å². The highest BCUT2D eigenvalue weighted by Crippen LogP contribution is 2.26. The van der Waals surface area contributed by atoms with Crippen molar-refractivity contribution < 1.29 is 23.2 Å². The van der Waals surface area contributed by atoms with E-state index >= 15 is 0 Å². The number of aromatic nitrogens is 3. The van der Waals surface area contributed by atoms with Crippen LogP contribution in [-0.2, 0) is 10.2 Å². The molecule has 1 aromatic carbocycles. The molecule has 5 rings (SSSR count). The number of ether oxygens (including phenoxy) is 2. The number of halogens is 1. The van der Waals surface area contributed by atoms with Gasteiger partial charge in [0.25, 0.3) is 0 Å². The Morgan fingerprint density at radius 3 is 2.59 bits per heavy atom. The Morgan fingerprint density at radius 2 is 1.87 bits per heavy atom. The number of nitrogens with one attached hydrogen (secondary N) is 2. The van der Waals surface area contributed by atoms with Crippen LogP contribution in [0.4, 0.5) is 20.7 Å². The van der Waals surface area contributed by atoms with Crippen LogP contribution in [0.15, 0.2) is 53.3 Å². The Balaban J connectivity index is 1.17. The van der Waals surface area contributed by atoms with Crippen LogP contribution in [0.1, 0.15) is 33.0 Å². The van der Waals surface area contributed by atoms with Gasteiger partial charge >= 0.3 is 6.03 Å². The molecule has 0 bridgehead atoms.